The van der Waals surface area contributed by atoms with Crippen molar-refractivity contribution in [2.45, 2.75) is 26.2 Å². The van der Waals surface area contributed by atoms with E-state index < -0.39 is 0 Å². The molecule has 0 radical (unpaired) electrons. The zero-order chi connectivity index (χ0) is 18.0. The number of hydrogen-bond acceptors (Lipinski definition) is 2. The van der Waals surface area contributed by atoms with Crippen LogP contribution in [0.2, 0.25) is 5.02 Å². The van der Waals surface area contributed by atoms with Crippen molar-refractivity contribution in [1.82, 2.24) is 10.9 Å². The highest BCUT2D eigenvalue weighted by Crippen LogP contribution is 2.62. The van der Waals surface area contributed by atoms with E-state index in [1.165, 1.54) is 17.0 Å². The zero-order valence-electron chi connectivity index (χ0n) is 14.4. The SMILES string of the molecule is C=C=C1PC2=C1C(=C)CNNCCCC2(C)Cc1c(F)cccc1Cl. The molecular weight excluding hydrogens is 354 g/mol. The molecule has 2 nitrogen and oxygen atoms in total. The summed E-state index contributed by atoms with van der Waals surface area (Å²) in [5, 5.41) is 2.99. The van der Waals surface area contributed by atoms with Crippen molar-refractivity contribution in [3.05, 3.63) is 75.3 Å². The Balaban J connectivity index is 2.06. The number of benzene rings is 1. The van der Waals surface area contributed by atoms with Gasteiger partial charge in [-0.05, 0) is 53.3 Å². The van der Waals surface area contributed by atoms with E-state index >= 15 is 0 Å². The van der Waals surface area contributed by atoms with Crippen LogP contribution in [0.25, 0.3) is 0 Å². The summed E-state index contributed by atoms with van der Waals surface area (Å²) in [6.07, 6.45) is 2.54. The highest BCUT2D eigenvalue weighted by atomic mass is 35.5. The molecule has 0 amide bonds. The van der Waals surface area contributed by atoms with Gasteiger partial charge >= 0.3 is 0 Å². The number of allylic oxidation sites excluding steroid dienone is 2. The van der Waals surface area contributed by atoms with E-state index in [4.69, 9.17) is 11.6 Å². The molecule has 132 valence electrons. The van der Waals surface area contributed by atoms with E-state index in [9.17, 15) is 4.39 Å². The average Bonchev–Trinajstić information content (AvgIpc) is 2.53. The third-order valence-electron chi connectivity index (χ3n) is 4.97. The molecule has 25 heavy (non-hydrogen) atoms. The van der Waals surface area contributed by atoms with E-state index in [0.717, 1.165) is 30.3 Å². The fourth-order valence-electron chi connectivity index (χ4n) is 3.56. The Morgan fingerprint density at radius 3 is 2.92 bits per heavy atom. The van der Waals surface area contributed by atoms with E-state index in [1.54, 1.807) is 12.1 Å². The lowest BCUT2D eigenvalue weighted by Crippen LogP contribution is -2.37. The number of rotatable bonds is 2. The molecular formula is C20H23ClFN2P. The van der Waals surface area contributed by atoms with Gasteiger partial charge in [0.05, 0.1) is 0 Å². The molecule has 5 heteroatoms. The van der Waals surface area contributed by atoms with E-state index in [2.05, 4.69) is 36.7 Å². The lowest BCUT2D eigenvalue weighted by Gasteiger charge is -2.42. The van der Waals surface area contributed by atoms with Gasteiger partial charge in [0, 0.05) is 29.0 Å². The first-order chi connectivity index (χ1) is 12.0. The van der Waals surface area contributed by atoms with Crippen molar-refractivity contribution in [2.24, 2.45) is 5.41 Å². The maximum atomic E-state index is 14.4. The van der Waals surface area contributed by atoms with Gasteiger partial charge < -0.3 is 0 Å². The second kappa shape index (κ2) is 7.58. The monoisotopic (exact) mass is 376 g/mol. The third-order valence-corrected chi connectivity index (χ3v) is 7.10. The van der Waals surface area contributed by atoms with Crippen LogP contribution >= 0.6 is 20.2 Å². The Kier molecular flexibility index (Phi) is 5.63. The molecule has 0 spiro atoms. The van der Waals surface area contributed by atoms with E-state index in [0.29, 0.717) is 32.1 Å². The minimum absolute atomic E-state index is 0.151. The Morgan fingerprint density at radius 2 is 2.20 bits per heavy atom. The molecule has 2 N–H and O–H groups in total. The summed E-state index contributed by atoms with van der Waals surface area (Å²) in [7, 11) is 0.560. The molecule has 2 aliphatic rings. The normalized spacial score (nSPS) is 25.4. The zero-order valence-corrected chi connectivity index (χ0v) is 16.2. The van der Waals surface area contributed by atoms with Crippen molar-refractivity contribution in [1.29, 1.82) is 0 Å². The second-order valence-corrected chi connectivity index (χ2v) is 8.51. The Hall–Kier alpha value is -1.21. The fourth-order valence-corrected chi connectivity index (χ4v) is 5.31. The van der Waals surface area contributed by atoms with Crippen LogP contribution in [0.5, 0.6) is 0 Å². The van der Waals surface area contributed by atoms with E-state index in [1.807, 2.05) is 0 Å². The van der Waals surface area contributed by atoms with E-state index in [-0.39, 0.29) is 11.2 Å². The van der Waals surface area contributed by atoms with Gasteiger partial charge in [-0.25, -0.2) is 4.39 Å². The van der Waals surface area contributed by atoms with Crippen molar-refractivity contribution in [3.8, 4) is 0 Å². The van der Waals surface area contributed by atoms with Gasteiger partial charge in [-0.1, -0.05) is 46.3 Å². The molecule has 0 saturated heterocycles. The molecule has 0 bridgehead atoms. The van der Waals surface area contributed by atoms with Gasteiger partial charge in [-0.3, -0.25) is 10.9 Å². The first kappa shape index (κ1) is 18.6. The average molecular weight is 377 g/mol. The first-order valence-corrected chi connectivity index (χ1v) is 9.83. The molecule has 2 atom stereocenters. The van der Waals surface area contributed by atoms with Gasteiger partial charge in [0.25, 0.3) is 0 Å². The summed E-state index contributed by atoms with van der Waals surface area (Å²) in [5.74, 6) is -0.228. The molecule has 1 aromatic rings. The van der Waals surface area contributed by atoms with Crippen LogP contribution in [0.1, 0.15) is 25.3 Å². The third kappa shape index (κ3) is 3.67. The molecule has 0 fully saturated rings. The molecule has 3 rings (SSSR count). The topological polar surface area (TPSA) is 24.1 Å². The largest absolute Gasteiger partial charge is 0.258 e. The van der Waals surface area contributed by atoms with Crippen LogP contribution < -0.4 is 10.9 Å². The Bertz CT molecular complexity index is 775. The molecule has 1 aromatic carbocycles. The number of hydrogen-bond donors (Lipinski definition) is 2. The van der Waals surface area contributed by atoms with Gasteiger partial charge in [0.2, 0.25) is 0 Å². The maximum Gasteiger partial charge on any atom is 0.127 e. The summed E-state index contributed by atoms with van der Waals surface area (Å²) in [6, 6.07) is 4.91. The van der Waals surface area contributed by atoms with Crippen LogP contribution in [0.4, 0.5) is 4.39 Å². The van der Waals surface area contributed by atoms with Crippen molar-refractivity contribution >= 4 is 20.2 Å². The smallest absolute Gasteiger partial charge is 0.127 e. The quantitative estimate of drug-likeness (QED) is 0.555. The van der Waals surface area contributed by atoms with Gasteiger partial charge in [0.15, 0.2) is 0 Å². The number of halogens is 2. The molecule has 0 saturated carbocycles. The molecule has 2 unspecified atom stereocenters. The van der Waals surface area contributed by atoms with Crippen molar-refractivity contribution < 1.29 is 4.39 Å². The first-order valence-electron chi connectivity index (χ1n) is 8.45. The highest BCUT2D eigenvalue weighted by Gasteiger charge is 2.39. The van der Waals surface area contributed by atoms with Gasteiger partial charge in [0.1, 0.15) is 5.82 Å². The number of hydrazine groups is 1. The minimum Gasteiger partial charge on any atom is -0.258 e. The van der Waals surface area contributed by atoms with Crippen molar-refractivity contribution in [2.75, 3.05) is 13.1 Å². The number of nitrogens with one attached hydrogen (secondary N) is 2. The second-order valence-electron chi connectivity index (χ2n) is 6.85. The fraction of sp³-hybridized carbons (Fsp3) is 0.350. The Labute approximate surface area is 155 Å². The lowest BCUT2D eigenvalue weighted by molar-refractivity contribution is 0.348. The Morgan fingerprint density at radius 1 is 1.40 bits per heavy atom. The van der Waals surface area contributed by atoms with Gasteiger partial charge in [-0.2, -0.15) is 0 Å². The van der Waals surface area contributed by atoms with Crippen LogP contribution in [-0.4, -0.2) is 13.1 Å². The molecule has 2 heterocycles. The predicted molar refractivity (Wildman–Crippen MR) is 106 cm³/mol. The van der Waals surface area contributed by atoms with Gasteiger partial charge in [-0.15, -0.1) is 5.73 Å². The molecule has 0 aliphatic carbocycles. The maximum absolute atomic E-state index is 14.4. The minimum atomic E-state index is -0.228. The standard InChI is InChI=1S/C20H23ClFN2P/c1-4-17-18-13(2)12-24-23-10-6-9-20(3,19(18)25-17)11-14-15(21)7-5-8-16(14)22/h5,7-8,23-25H,1-2,6,9-12H2,3H3. The molecule has 0 aromatic heterocycles. The summed E-state index contributed by atoms with van der Waals surface area (Å²) in [6.45, 7) is 11.8. The van der Waals surface area contributed by atoms with Crippen LogP contribution in [0.15, 0.2) is 58.9 Å². The highest BCUT2D eigenvalue weighted by molar-refractivity contribution is 7.51. The van der Waals surface area contributed by atoms with Crippen LogP contribution in [-0.2, 0) is 6.42 Å². The predicted octanol–water partition coefficient (Wildman–Crippen LogP) is 5.09. The van der Waals surface area contributed by atoms with Crippen LogP contribution in [0.3, 0.4) is 0 Å². The summed E-state index contributed by atoms with van der Waals surface area (Å²) in [5.41, 5.74) is 12.1. The lowest BCUT2D eigenvalue weighted by atomic mass is 9.76. The summed E-state index contributed by atoms with van der Waals surface area (Å²) >= 11 is 6.31. The van der Waals surface area contributed by atoms with Crippen LogP contribution in [0, 0.1) is 11.2 Å². The van der Waals surface area contributed by atoms with Crippen molar-refractivity contribution in [3.63, 3.8) is 0 Å². The summed E-state index contributed by atoms with van der Waals surface area (Å²) < 4.78 is 14.4. The summed E-state index contributed by atoms with van der Waals surface area (Å²) in [4.78, 5) is 0. The molecule has 2 aliphatic heterocycles.